The molecule has 0 aliphatic carbocycles. The van der Waals surface area contributed by atoms with Gasteiger partial charge in [0.1, 0.15) is 6.26 Å². The molecule has 0 aromatic heterocycles. The zero-order valence-electron chi connectivity index (χ0n) is 11.1. The highest BCUT2D eigenvalue weighted by Crippen LogP contribution is 2.35. The molecule has 0 bridgehead atoms. The van der Waals surface area contributed by atoms with E-state index in [0.717, 1.165) is 6.07 Å². The number of rotatable bonds is 4. The Balaban J connectivity index is 2.33. The number of hydrazone groups is 1. The Morgan fingerprint density at radius 2 is 2.19 bits per heavy atom. The van der Waals surface area contributed by atoms with E-state index in [-0.39, 0.29) is 23.7 Å². The van der Waals surface area contributed by atoms with Crippen molar-refractivity contribution in [1.82, 2.24) is 5.43 Å². The molecule has 114 valence electrons. The van der Waals surface area contributed by atoms with Crippen LogP contribution >= 0.6 is 0 Å². The topological polar surface area (TPSA) is 65.9 Å². The van der Waals surface area contributed by atoms with Crippen molar-refractivity contribution in [3.63, 3.8) is 0 Å². The Morgan fingerprint density at radius 3 is 2.76 bits per heavy atom. The average molecular weight is 301 g/mol. The van der Waals surface area contributed by atoms with Crippen molar-refractivity contribution in [3.8, 4) is 0 Å². The molecule has 0 spiro atoms. The summed E-state index contributed by atoms with van der Waals surface area (Å²) in [7, 11) is 0. The highest BCUT2D eigenvalue weighted by molar-refractivity contribution is 5.95. The van der Waals surface area contributed by atoms with Gasteiger partial charge >= 0.3 is 6.18 Å². The molecule has 1 heterocycles. The lowest BCUT2D eigenvalue weighted by Crippen LogP contribution is -2.19. The van der Waals surface area contributed by atoms with Gasteiger partial charge in [0.05, 0.1) is 17.9 Å². The van der Waals surface area contributed by atoms with Crippen molar-refractivity contribution in [2.24, 2.45) is 5.10 Å². The van der Waals surface area contributed by atoms with Gasteiger partial charge in [0.2, 0.25) is 5.90 Å². The Bertz CT molecular complexity index is 568. The van der Waals surface area contributed by atoms with Gasteiger partial charge < -0.3 is 15.2 Å². The third-order valence-electron chi connectivity index (χ3n) is 2.65. The fraction of sp³-hybridized carbons (Fsp3) is 0.308. The van der Waals surface area contributed by atoms with E-state index < -0.39 is 17.8 Å². The predicted molar refractivity (Wildman–Crippen MR) is 71.5 cm³/mol. The molecule has 1 aliphatic rings. The van der Waals surface area contributed by atoms with E-state index in [9.17, 15) is 13.2 Å². The van der Waals surface area contributed by atoms with Gasteiger partial charge in [-0.05, 0) is 25.1 Å². The summed E-state index contributed by atoms with van der Waals surface area (Å²) in [6.07, 6.45) is -2.59. The molecule has 0 fully saturated rings. The number of halogens is 3. The first kappa shape index (κ1) is 15.2. The molecular weight excluding hydrogens is 287 g/mol. The summed E-state index contributed by atoms with van der Waals surface area (Å²) in [6.45, 7) is 1.50. The number of nitrogens with one attached hydrogen (secondary N) is 2. The summed E-state index contributed by atoms with van der Waals surface area (Å²) in [5.74, 6) is 0.0464. The monoisotopic (exact) mass is 301 g/mol. The van der Waals surface area contributed by atoms with Gasteiger partial charge in [-0.2, -0.15) is 13.2 Å². The summed E-state index contributed by atoms with van der Waals surface area (Å²) in [4.78, 5) is 0. The van der Waals surface area contributed by atoms with Crippen LogP contribution in [-0.4, -0.2) is 23.7 Å². The van der Waals surface area contributed by atoms with Crippen LogP contribution in [0.25, 0.3) is 0 Å². The SMILES string of the molecule is CC(O)CNc1ccc(C2=NNC=CO2)cc1C(F)(F)F. The Kier molecular flexibility index (Phi) is 4.37. The molecule has 1 aliphatic heterocycles. The maximum absolute atomic E-state index is 13.1. The second-order valence-corrected chi connectivity index (χ2v) is 4.45. The minimum atomic E-state index is -4.53. The van der Waals surface area contributed by atoms with Crippen LogP contribution in [0.3, 0.4) is 0 Å². The first-order chi connectivity index (χ1) is 9.88. The molecule has 8 heteroatoms. The van der Waals surface area contributed by atoms with E-state index >= 15 is 0 Å². The molecule has 0 saturated carbocycles. The normalized spacial score (nSPS) is 15.8. The standard InChI is InChI=1S/C13H14F3N3O2/c1-8(20)7-17-11-3-2-9(6-10(11)13(14,15)16)12-19-18-4-5-21-12/h2-6,8,17-18,20H,7H2,1H3. The van der Waals surface area contributed by atoms with Crippen LogP contribution < -0.4 is 10.7 Å². The van der Waals surface area contributed by atoms with Crippen molar-refractivity contribution in [1.29, 1.82) is 0 Å². The fourth-order valence-corrected chi connectivity index (χ4v) is 1.71. The molecule has 1 aromatic carbocycles. The Labute approximate surface area is 119 Å². The third kappa shape index (κ3) is 3.88. The van der Waals surface area contributed by atoms with Gasteiger partial charge in [0.25, 0.3) is 0 Å². The number of hydrogen-bond acceptors (Lipinski definition) is 5. The molecule has 0 saturated heterocycles. The van der Waals surface area contributed by atoms with Crippen LogP contribution in [0.5, 0.6) is 0 Å². The Hall–Kier alpha value is -2.22. The summed E-state index contributed by atoms with van der Waals surface area (Å²) in [6, 6.07) is 3.69. The van der Waals surface area contributed by atoms with E-state index in [0.29, 0.717) is 0 Å². The number of anilines is 1. The van der Waals surface area contributed by atoms with Crippen LogP contribution in [0, 0.1) is 0 Å². The van der Waals surface area contributed by atoms with E-state index in [1.807, 2.05) is 0 Å². The number of aliphatic hydroxyl groups is 1. The third-order valence-corrected chi connectivity index (χ3v) is 2.65. The smallest absolute Gasteiger partial charge is 0.418 e. The molecule has 2 rings (SSSR count). The molecule has 21 heavy (non-hydrogen) atoms. The first-order valence-corrected chi connectivity index (χ1v) is 6.16. The van der Waals surface area contributed by atoms with Crippen LogP contribution in [0.15, 0.2) is 35.8 Å². The molecule has 5 nitrogen and oxygen atoms in total. The minimum Gasteiger partial charge on any atom is -0.443 e. The van der Waals surface area contributed by atoms with Crippen molar-refractivity contribution < 1.29 is 23.0 Å². The second-order valence-electron chi connectivity index (χ2n) is 4.45. The van der Waals surface area contributed by atoms with Crippen molar-refractivity contribution in [2.45, 2.75) is 19.2 Å². The van der Waals surface area contributed by atoms with Crippen LogP contribution in [0.2, 0.25) is 0 Å². The van der Waals surface area contributed by atoms with Gasteiger partial charge in [0.15, 0.2) is 0 Å². The van der Waals surface area contributed by atoms with E-state index in [1.54, 1.807) is 0 Å². The number of aliphatic hydroxyl groups excluding tert-OH is 1. The maximum atomic E-state index is 13.1. The molecule has 1 aromatic rings. The highest BCUT2D eigenvalue weighted by atomic mass is 19.4. The lowest BCUT2D eigenvalue weighted by Gasteiger charge is -2.17. The van der Waals surface area contributed by atoms with Crippen molar-refractivity contribution >= 4 is 11.6 Å². The first-order valence-electron chi connectivity index (χ1n) is 6.16. The summed E-state index contributed by atoms with van der Waals surface area (Å²) in [5, 5.41) is 15.5. The van der Waals surface area contributed by atoms with Gasteiger partial charge in [-0.1, -0.05) is 0 Å². The Morgan fingerprint density at radius 1 is 1.43 bits per heavy atom. The number of alkyl halides is 3. The average Bonchev–Trinajstić information content (AvgIpc) is 2.45. The van der Waals surface area contributed by atoms with Crippen molar-refractivity contribution in [3.05, 3.63) is 41.8 Å². The molecular formula is C13H14F3N3O2. The van der Waals surface area contributed by atoms with Crippen LogP contribution in [-0.2, 0) is 10.9 Å². The van der Waals surface area contributed by atoms with Crippen LogP contribution in [0.4, 0.5) is 18.9 Å². The molecule has 3 N–H and O–H groups in total. The van der Waals surface area contributed by atoms with Gasteiger partial charge in [0, 0.05) is 17.8 Å². The fourth-order valence-electron chi connectivity index (χ4n) is 1.71. The second kappa shape index (κ2) is 6.04. The lowest BCUT2D eigenvalue weighted by atomic mass is 10.1. The van der Waals surface area contributed by atoms with E-state index in [2.05, 4.69) is 15.8 Å². The zero-order valence-corrected chi connectivity index (χ0v) is 11.1. The minimum absolute atomic E-state index is 0.0180. The van der Waals surface area contributed by atoms with Crippen molar-refractivity contribution in [2.75, 3.05) is 11.9 Å². The predicted octanol–water partition coefficient (Wildman–Crippen LogP) is 2.25. The van der Waals surface area contributed by atoms with Gasteiger partial charge in [-0.25, -0.2) is 0 Å². The van der Waals surface area contributed by atoms with Crippen LogP contribution in [0.1, 0.15) is 18.1 Å². The molecule has 0 amide bonds. The van der Waals surface area contributed by atoms with E-state index in [1.165, 1.54) is 31.5 Å². The summed E-state index contributed by atoms with van der Waals surface area (Å²) in [5.41, 5.74) is 1.74. The lowest BCUT2D eigenvalue weighted by molar-refractivity contribution is -0.137. The molecule has 1 unspecified atom stereocenters. The summed E-state index contributed by atoms with van der Waals surface area (Å²) < 4.78 is 44.4. The number of ether oxygens (including phenoxy) is 1. The van der Waals surface area contributed by atoms with Gasteiger partial charge in [-0.3, -0.25) is 5.43 Å². The zero-order chi connectivity index (χ0) is 15.5. The van der Waals surface area contributed by atoms with E-state index in [4.69, 9.17) is 9.84 Å². The summed E-state index contributed by atoms with van der Waals surface area (Å²) >= 11 is 0. The number of benzene rings is 1. The molecule has 0 radical (unpaired) electrons. The highest BCUT2D eigenvalue weighted by Gasteiger charge is 2.34. The number of hydrogen-bond donors (Lipinski definition) is 3. The maximum Gasteiger partial charge on any atom is 0.418 e. The number of nitrogens with zero attached hydrogens (tertiary/aromatic N) is 1. The molecule has 1 atom stereocenters. The van der Waals surface area contributed by atoms with Gasteiger partial charge in [-0.15, -0.1) is 5.10 Å². The quantitative estimate of drug-likeness (QED) is 0.798. The largest absolute Gasteiger partial charge is 0.443 e.